The number of hydrogen-bond acceptors (Lipinski definition) is 7. The summed E-state index contributed by atoms with van der Waals surface area (Å²) in [7, 11) is 0. The van der Waals surface area contributed by atoms with Gasteiger partial charge in [-0.2, -0.15) is 4.98 Å². The fourth-order valence-electron chi connectivity index (χ4n) is 2.59. The average molecular weight is 322 g/mol. The number of aromatic nitrogens is 3. The smallest absolute Gasteiger partial charge is 0.252 e. The first kappa shape index (κ1) is 15.1. The van der Waals surface area contributed by atoms with Crippen molar-refractivity contribution in [2.75, 3.05) is 13.2 Å². The molecule has 22 heavy (non-hydrogen) atoms. The zero-order valence-corrected chi connectivity index (χ0v) is 13.2. The highest BCUT2D eigenvalue weighted by Crippen LogP contribution is 2.31. The van der Waals surface area contributed by atoms with Gasteiger partial charge < -0.3 is 14.2 Å². The molecule has 1 amide bonds. The van der Waals surface area contributed by atoms with Crippen molar-refractivity contribution < 1.29 is 14.1 Å². The number of carbonyl (C=O) groups is 1. The summed E-state index contributed by atoms with van der Waals surface area (Å²) >= 11 is 1.59. The van der Waals surface area contributed by atoms with Crippen molar-refractivity contribution in [2.45, 2.75) is 38.8 Å². The molecule has 0 N–H and O–H groups in total. The van der Waals surface area contributed by atoms with E-state index < -0.39 is 0 Å². The third-order valence-electron chi connectivity index (χ3n) is 3.58. The van der Waals surface area contributed by atoms with Crippen molar-refractivity contribution in [2.24, 2.45) is 0 Å². The van der Waals surface area contributed by atoms with Crippen molar-refractivity contribution >= 4 is 17.2 Å². The molecule has 1 aliphatic heterocycles. The SMILES string of the molecule is Cc1noc(COCC(=O)N2CCCC[C@H]2c2nccs2)n1. The predicted molar refractivity (Wildman–Crippen MR) is 79.1 cm³/mol. The highest BCUT2D eigenvalue weighted by atomic mass is 32.1. The van der Waals surface area contributed by atoms with Crippen LogP contribution in [0, 0.1) is 6.92 Å². The molecule has 3 rings (SSSR count). The van der Waals surface area contributed by atoms with Gasteiger partial charge in [-0.15, -0.1) is 11.3 Å². The number of nitrogens with zero attached hydrogens (tertiary/aromatic N) is 4. The zero-order chi connectivity index (χ0) is 15.4. The van der Waals surface area contributed by atoms with Gasteiger partial charge in [-0.1, -0.05) is 5.16 Å². The first-order valence-electron chi connectivity index (χ1n) is 7.30. The lowest BCUT2D eigenvalue weighted by atomic mass is 10.0. The van der Waals surface area contributed by atoms with E-state index in [1.54, 1.807) is 24.5 Å². The molecular formula is C14H18N4O3S. The van der Waals surface area contributed by atoms with Gasteiger partial charge in [0.1, 0.15) is 18.2 Å². The minimum Gasteiger partial charge on any atom is -0.362 e. The van der Waals surface area contributed by atoms with Crippen LogP contribution in [0.15, 0.2) is 16.1 Å². The van der Waals surface area contributed by atoms with E-state index in [4.69, 9.17) is 9.26 Å². The van der Waals surface area contributed by atoms with Crippen molar-refractivity contribution in [1.82, 2.24) is 20.0 Å². The topological polar surface area (TPSA) is 81.4 Å². The van der Waals surface area contributed by atoms with Gasteiger partial charge in [-0.05, 0) is 26.2 Å². The highest BCUT2D eigenvalue weighted by Gasteiger charge is 2.29. The Kier molecular flexibility index (Phi) is 4.79. The Bertz CT molecular complexity index is 613. The van der Waals surface area contributed by atoms with Gasteiger partial charge in [-0.25, -0.2) is 4.98 Å². The predicted octanol–water partition coefficient (Wildman–Crippen LogP) is 2.10. The van der Waals surface area contributed by atoms with E-state index in [-0.39, 0.29) is 25.2 Å². The van der Waals surface area contributed by atoms with E-state index in [0.29, 0.717) is 11.7 Å². The molecule has 0 radical (unpaired) electrons. The fourth-order valence-corrected chi connectivity index (χ4v) is 3.38. The van der Waals surface area contributed by atoms with Gasteiger partial charge in [0.25, 0.3) is 5.89 Å². The molecule has 1 aliphatic rings. The second-order valence-electron chi connectivity index (χ2n) is 5.20. The Balaban J connectivity index is 1.55. The molecule has 0 aliphatic carbocycles. The zero-order valence-electron chi connectivity index (χ0n) is 12.4. The summed E-state index contributed by atoms with van der Waals surface area (Å²) in [4.78, 5) is 22.7. The lowest BCUT2D eigenvalue weighted by molar-refractivity contribution is -0.140. The van der Waals surface area contributed by atoms with E-state index in [1.165, 1.54) is 0 Å². The van der Waals surface area contributed by atoms with E-state index in [0.717, 1.165) is 30.8 Å². The monoisotopic (exact) mass is 322 g/mol. The van der Waals surface area contributed by atoms with E-state index in [2.05, 4.69) is 15.1 Å². The molecule has 0 bridgehead atoms. The summed E-state index contributed by atoms with van der Waals surface area (Å²) in [5.41, 5.74) is 0. The van der Waals surface area contributed by atoms with Crippen LogP contribution in [0.3, 0.4) is 0 Å². The molecule has 8 heteroatoms. The summed E-state index contributed by atoms with van der Waals surface area (Å²) in [5.74, 6) is 0.932. The molecule has 0 unspecified atom stereocenters. The van der Waals surface area contributed by atoms with Crippen LogP contribution < -0.4 is 0 Å². The number of carbonyl (C=O) groups excluding carboxylic acids is 1. The van der Waals surface area contributed by atoms with E-state index in [9.17, 15) is 4.79 Å². The number of piperidine rings is 1. The van der Waals surface area contributed by atoms with Crippen molar-refractivity contribution in [3.8, 4) is 0 Å². The maximum absolute atomic E-state index is 12.4. The van der Waals surface area contributed by atoms with E-state index in [1.807, 2.05) is 10.3 Å². The standard InChI is InChI=1S/C14H18N4O3S/c1-10-16-12(21-17-10)8-20-9-13(19)18-6-3-2-4-11(18)14-15-5-7-22-14/h5,7,11H,2-4,6,8-9H2,1H3/t11-/m0/s1. The van der Waals surface area contributed by atoms with Crippen LogP contribution in [0.5, 0.6) is 0 Å². The minimum absolute atomic E-state index is 0.0172. The second-order valence-corrected chi connectivity index (χ2v) is 6.12. The van der Waals surface area contributed by atoms with Crippen molar-refractivity contribution in [3.63, 3.8) is 0 Å². The number of likely N-dealkylation sites (tertiary alicyclic amines) is 1. The van der Waals surface area contributed by atoms with Gasteiger partial charge in [0.2, 0.25) is 5.91 Å². The van der Waals surface area contributed by atoms with Crippen LogP contribution in [0.25, 0.3) is 0 Å². The van der Waals surface area contributed by atoms with Crippen LogP contribution in [0.2, 0.25) is 0 Å². The first-order chi connectivity index (χ1) is 10.7. The number of hydrogen-bond donors (Lipinski definition) is 0. The Labute approximate surface area is 132 Å². The molecular weight excluding hydrogens is 304 g/mol. The number of rotatable bonds is 5. The number of ether oxygens (including phenoxy) is 1. The van der Waals surface area contributed by atoms with Crippen molar-refractivity contribution in [1.29, 1.82) is 0 Å². The Morgan fingerprint density at radius 3 is 3.18 bits per heavy atom. The third-order valence-corrected chi connectivity index (χ3v) is 4.46. The summed E-state index contributed by atoms with van der Waals surface area (Å²) in [5, 5.41) is 6.63. The number of thiazole rings is 1. The molecule has 1 atom stereocenters. The molecule has 0 saturated carbocycles. The summed E-state index contributed by atoms with van der Waals surface area (Å²) in [6.07, 6.45) is 4.89. The lowest BCUT2D eigenvalue weighted by Gasteiger charge is -2.34. The van der Waals surface area contributed by atoms with Crippen molar-refractivity contribution in [3.05, 3.63) is 28.3 Å². The first-order valence-corrected chi connectivity index (χ1v) is 8.18. The summed E-state index contributed by atoms with van der Waals surface area (Å²) < 4.78 is 10.4. The fraction of sp³-hybridized carbons (Fsp3) is 0.571. The van der Waals surface area contributed by atoms with Crippen LogP contribution in [-0.2, 0) is 16.1 Å². The molecule has 118 valence electrons. The Morgan fingerprint density at radius 1 is 1.55 bits per heavy atom. The second kappa shape index (κ2) is 6.97. The molecule has 0 aromatic carbocycles. The van der Waals surface area contributed by atoms with Crippen LogP contribution >= 0.6 is 11.3 Å². The molecule has 7 nitrogen and oxygen atoms in total. The molecule has 0 spiro atoms. The molecule has 1 saturated heterocycles. The van der Waals surface area contributed by atoms with Gasteiger partial charge in [0.05, 0.1) is 6.04 Å². The van der Waals surface area contributed by atoms with Gasteiger partial charge in [0, 0.05) is 18.1 Å². The number of aryl methyl sites for hydroxylation is 1. The summed E-state index contributed by atoms with van der Waals surface area (Å²) in [6.45, 7) is 2.67. The van der Waals surface area contributed by atoms with Crippen LogP contribution in [0.4, 0.5) is 0 Å². The van der Waals surface area contributed by atoms with E-state index >= 15 is 0 Å². The molecule has 2 aromatic rings. The van der Waals surface area contributed by atoms with Gasteiger partial charge in [-0.3, -0.25) is 4.79 Å². The maximum Gasteiger partial charge on any atom is 0.252 e. The number of amides is 1. The van der Waals surface area contributed by atoms with Crippen LogP contribution in [-0.4, -0.2) is 39.1 Å². The summed E-state index contributed by atoms with van der Waals surface area (Å²) in [6, 6.07) is 0.0792. The Hall–Kier alpha value is -1.80. The molecule has 2 aromatic heterocycles. The normalized spacial score (nSPS) is 18.6. The van der Waals surface area contributed by atoms with Gasteiger partial charge in [0.15, 0.2) is 5.82 Å². The highest BCUT2D eigenvalue weighted by molar-refractivity contribution is 7.09. The Morgan fingerprint density at radius 2 is 2.45 bits per heavy atom. The maximum atomic E-state index is 12.4. The lowest BCUT2D eigenvalue weighted by Crippen LogP contribution is -2.40. The van der Waals surface area contributed by atoms with Crippen LogP contribution in [0.1, 0.15) is 42.0 Å². The molecule has 3 heterocycles. The quantitative estimate of drug-likeness (QED) is 0.838. The molecule has 1 fully saturated rings. The van der Waals surface area contributed by atoms with Gasteiger partial charge >= 0.3 is 0 Å². The largest absolute Gasteiger partial charge is 0.362 e. The third kappa shape index (κ3) is 3.50. The average Bonchev–Trinajstić information content (AvgIpc) is 3.19. The minimum atomic E-state index is -0.0175.